The van der Waals surface area contributed by atoms with Gasteiger partial charge in [0.15, 0.2) is 15.6 Å². The van der Waals surface area contributed by atoms with Gasteiger partial charge in [-0.1, -0.05) is 12.1 Å². The van der Waals surface area contributed by atoms with Crippen molar-refractivity contribution in [2.45, 2.75) is 33.2 Å². The fourth-order valence-corrected chi connectivity index (χ4v) is 5.06. The van der Waals surface area contributed by atoms with Crippen LogP contribution in [-0.2, 0) is 9.84 Å². The van der Waals surface area contributed by atoms with Crippen LogP contribution in [0, 0.1) is 6.92 Å². The van der Waals surface area contributed by atoms with E-state index in [1.165, 1.54) is 6.92 Å². The Morgan fingerprint density at radius 1 is 1.30 bits per heavy atom. The Bertz CT molecular complexity index is 959. The fraction of sp³-hybridized carbons (Fsp3) is 0.421. The minimum Gasteiger partial charge on any atom is -0.353 e. The first-order chi connectivity index (χ1) is 12.8. The Labute approximate surface area is 159 Å². The molecule has 1 aromatic carbocycles. The van der Waals surface area contributed by atoms with E-state index in [0.717, 1.165) is 11.4 Å². The highest BCUT2D eigenvalue weighted by Gasteiger charge is 2.32. The van der Waals surface area contributed by atoms with Crippen molar-refractivity contribution in [3.05, 3.63) is 41.6 Å². The standard InChI is InChI=1S/C19H24N4O3S/c1-4-23(17-8-9-27(25,26)12-17)18-10-13(2)20-19(22-18)21-16-7-5-6-15(11-16)14(3)24/h5-7,10-11,17H,4,8-9,12H2,1-3H3,(H,20,21,22). The molecule has 1 saturated heterocycles. The lowest BCUT2D eigenvalue weighted by molar-refractivity contribution is 0.101. The molecule has 1 N–H and O–H groups in total. The van der Waals surface area contributed by atoms with Gasteiger partial charge in [-0.15, -0.1) is 0 Å². The molecule has 0 aliphatic carbocycles. The van der Waals surface area contributed by atoms with Gasteiger partial charge in [0.1, 0.15) is 5.82 Å². The maximum Gasteiger partial charge on any atom is 0.229 e. The van der Waals surface area contributed by atoms with Crippen LogP contribution in [0.5, 0.6) is 0 Å². The summed E-state index contributed by atoms with van der Waals surface area (Å²) in [5.41, 5.74) is 2.12. The van der Waals surface area contributed by atoms with Crippen molar-refractivity contribution >= 4 is 33.1 Å². The summed E-state index contributed by atoms with van der Waals surface area (Å²) in [5.74, 6) is 1.50. The van der Waals surface area contributed by atoms with Crippen LogP contribution in [0.2, 0.25) is 0 Å². The molecule has 0 amide bonds. The van der Waals surface area contributed by atoms with E-state index in [9.17, 15) is 13.2 Å². The average molecular weight is 388 g/mol. The zero-order chi connectivity index (χ0) is 19.6. The summed E-state index contributed by atoms with van der Waals surface area (Å²) in [6, 6.07) is 8.97. The molecule has 144 valence electrons. The first-order valence-electron chi connectivity index (χ1n) is 8.98. The summed E-state index contributed by atoms with van der Waals surface area (Å²) in [4.78, 5) is 22.6. The lowest BCUT2D eigenvalue weighted by atomic mass is 10.1. The molecular formula is C19H24N4O3S. The molecular weight excluding hydrogens is 364 g/mol. The van der Waals surface area contributed by atoms with Crippen LogP contribution < -0.4 is 10.2 Å². The van der Waals surface area contributed by atoms with E-state index in [1.54, 1.807) is 18.2 Å². The largest absolute Gasteiger partial charge is 0.353 e. The third-order valence-electron chi connectivity index (χ3n) is 4.65. The molecule has 1 fully saturated rings. The number of Topliss-reactive ketones (excluding diaryl/α,β-unsaturated/α-hetero) is 1. The molecule has 1 aliphatic heterocycles. The maximum atomic E-state index is 11.9. The quantitative estimate of drug-likeness (QED) is 0.761. The summed E-state index contributed by atoms with van der Waals surface area (Å²) in [5, 5.41) is 3.15. The van der Waals surface area contributed by atoms with Crippen molar-refractivity contribution in [3.63, 3.8) is 0 Å². The molecule has 0 radical (unpaired) electrons. The van der Waals surface area contributed by atoms with Crippen LogP contribution in [0.4, 0.5) is 17.5 Å². The summed E-state index contributed by atoms with van der Waals surface area (Å²) < 4.78 is 23.7. The van der Waals surface area contributed by atoms with Gasteiger partial charge in [0.2, 0.25) is 5.95 Å². The Morgan fingerprint density at radius 3 is 2.70 bits per heavy atom. The first kappa shape index (κ1) is 19.3. The normalized spacial score (nSPS) is 18.3. The van der Waals surface area contributed by atoms with Crippen molar-refractivity contribution < 1.29 is 13.2 Å². The number of aromatic nitrogens is 2. The smallest absolute Gasteiger partial charge is 0.229 e. The average Bonchev–Trinajstić information content (AvgIpc) is 2.95. The topological polar surface area (TPSA) is 92.3 Å². The summed E-state index contributed by atoms with van der Waals surface area (Å²) in [6.45, 7) is 6.05. The van der Waals surface area contributed by atoms with Gasteiger partial charge in [0.05, 0.1) is 11.5 Å². The van der Waals surface area contributed by atoms with Crippen molar-refractivity contribution in [1.29, 1.82) is 0 Å². The molecule has 27 heavy (non-hydrogen) atoms. The number of aryl methyl sites for hydroxylation is 1. The van der Waals surface area contributed by atoms with E-state index in [4.69, 9.17) is 0 Å². The third-order valence-corrected chi connectivity index (χ3v) is 6.40. The highest BCUT2D eigenvalue weighted by atomic mass is 32.2. The number of hydrogen-bond donors (Lipinski definition) is 1. The van der Waals surface area contributed by atoms with Gasteiger partial charge >= 0.3 is 0 Å². The van der Waals surface area contributed by atoms with Crippen LogP contribution in [0.25, 0.3) is 0 Å². The van der Waals surface area contributed by atoms with E-state index in [0.29, 0.717) is 30.3 Å². The minimum absolute atomic E-state index is 0.0101. The summed E-state index contributed by atoms with van der Waals surface area (Å²) in [6.07, 6.45) is 0.614. The van der Waals surface area contributed by atoms with E-state index < -0.39 is 9.84 Å². The van der Waals surface area contributed by atoms with Crippen LogP contribution in [0.15, 0.2) is 30.3 Å². The minimum atomic E-state index is -2.97. The number of nitrogens with one attached hydrogen (secondary N) is 1. The van der Waals surface area contributed by atoms with Gasteiger partial charge in [0.25, 0.3) is 0 Å². The maximum absolute atomic E-state index is 11.9. The number of anilines is 3. The van der Waals surface area contributed by atoms with Gasteiger partial charge in [0, 0.05) is 35.6 Å². The predicted octanol–water partition coefficient (Wildman–Crippen LogP) is 2.74. The van der Waals surface area contributed by atoms with Crippen LogP contribution in [0.3, 0.4) is 0 Å². The molecule has 1 aliphatic rings. The first-order valence-corrected chi connectivity index (χ1v) is 10.8. The van der Waals surface area contributed by atoms with Crippen LogP contribution in [0.1, 0.15) is 36.3 Å². The molecule has 2 heterocycles. The number of hydrogen-bond acceptors (Lipinski definition) is 7. The van der Waals surface area contributed by atoms with Gasteiger partial charge in [-0.2, -0.15) is 4.98 Å². The molecule has 1 atom stereocenters. The second kappa shape index (κ2) is 7.64. The highest BCUT2D eigenvalue weighted by molar-refractivity contribution is 7.91. The van der Waals surface area contributed by atoms with Crippen molar-refractivity contribution in [2.24, 2.45) is 0 Å². The van der Waals surface area contributed by atoms with Crippen LogP contribution >= 0.6 is 0 Å². The number of ketones is 1. The molecule has 8 heteroatoms. The Kier molecular flexibility index (Phi) is 5.46. The third kappa shape index (κ3) is 4.63. The molecule has 1 aromatic heterocycles. The molecule has 3 rings (SSSR count). The zero-order valence-electron chi connectivity index (χ0n) is 15.8. The summed E-state index contributed by atoms with van der Waals surface area (Å²) >= 11 is 0. The van der Waals surface area contributed by atoms with E-state index in [1.807, 2.05) is 30.9 Å². The van der Waals surface area contributed by atoms with Crippen molar-refractivity contribution in [1.82, 2.24) is 9.97 Å². The fourth-order valence-electron chi connectivity index (χ4n) is 3.33. The number of benzene rings is 1. The van der Waals surface area contributed by atoms with E-state index in [2.05, 4.69) is 15.3 Å². The van der Waals surface area contributed by atoms with E-state index >= 15 is 0 Å². The van der Waals surface area contributed by atoms with Gasteiger partial charge < -0.3 is 10.2 Å². The lowest BCUT2D eigenvalue weighted by Crippen LogP contribution is -2.36. The Morgan fingerprint density at radius 2 is 2.07 bits per heavy atom. The van der Waals surface area contributed by atoms with Gasteiger partial charge in [-0.05, 0) is 39.3 Å². The number of sulfone groups is 1. The Balaban J connectivity index is 1.87. The van der Waals surface area contributed by atoms with Gasteiger partial charge in [-0.25, -0.2) is 13.4 Å². The monoisotopic (exact) mass is 388 g/mol. The predicted molar refractivity (Wildman–Crippen MR) is 107 cm³/mol. The Hall–Kier alpha value is -2.48. The number of rotatable bonds is 6. The van der Waals surface area contributed by atoms with Crippen molar-refractivity contribution in [2.75, 3.05) is 28.3 Å². The SMILES string of the molecule is CCN(c1cc(C)nc(Nc2cccc(C(C)=O)c2)n1)C1CCS(=O)(=O)C1. The number of carbonyl (C=O) groups excluding carboxylic acids is 1. The second-order valence-electron chi connectivity index (χ2n) is 6.80. The highest BCUT2D eigenvalue weighted by Crippen LogP contribution is 2.25. The molecule has 2 aromatic rings. The second-order valence-corrected chi connectivity index (χ2v) is 9.02. The van der Waals surface area contributed by atoms with E-state index in [-0.39, 0.29) is 23.3 Å². The summed E-state index contributed by atoms with van der Waals surface area (Å²) in [7, 11) is -2.97. The molecule has 0 bridgehead atoms. The zero-order valence-corrected chi connectivity index (χ0v) is 16.6. The number of nitrogens with zero attached hydrogens (tertiary/aromatic N) is 3. The molecule has 7 nitrogen and oxygen atoms in total. The van der Waals surface area contributed by atoms with Crippen molar-refractivity contribution in [3.8, 4) is 0 Å². The van der Waals surface area contributed by atoms with Gasteiger partial charge in [-0.3, -0.25) is 4.79 Å². The number of carbonyl (C=O) groups is 1. The molecule has 0 spiro atoms. The lowest BCUT2D eigenvalue weighted by Gasteiger charge is -2.28. The molecule has 0 saturated carbocycles. The van der Waals surface area contributed by atoms with Crippen LogP contribution in [-0.4, -0.2) is 48.3 Å². The molecule has 1 unspecified atom stereocenters.